The summed E-state index contributed by atoms with van der Waals surface area (Å²) >= 11 is 0. The number of nitrogens with zero attached hydrogens (tertiary/aromatic N) is 1. The van der Waals surface area contributed by atoms with Crippen molar-refractivity contribution in [1.82, 2.24) is 5.32 Å². The van der Waals surface area contributed by atoms with Gasteiger partial charge >= 0.3 is 0 Å². The van der Waals surface area contributed by atoms with E-state index in [4.69, 9.17) is 9.47 Å². The van der Waals surface area contributed by atoms with E-state index >= 15 is 0 Å². The summed E-state index contributed by atoms with van der Waals surface area (Å²) in [6, 6.07) is 3.18. The zero-order chi connectivity index (χ0) is 18.6. The highest BCUT2D eigenvalue weighted by molar-refractivity contribution is 7.92. The molecule has 0 atom stereocenters. The quantitative estimate of drug-likeness (QED) is 0.795. The lowest BCUT2D eigenvalue weighted by Crippen LogP contribution is -2.35. The molecule has 1 fully saturated rings. The number of hydrogen-bond donors (Lipinski definition) is 1. The number of sulfonamides is 1. The molecule has 7 nitrogen and oxygen atoms in total. The van der Waals surface area contributed by atoms with Crippen molar-refractivity contribution in [3.05, 3.63) is 17.7 Å². The molecule has 0 radical (unpaired) electrons. The maximum atomic E-state index is 12.8. The van der Waals surface area contributed by atoms with Gasteiger partial charge in [0.05, 0.1) is 31.2 Å². The van der Waals surface area contributed by atoms with Crippen molar-refractivity contribution < 1.29 is 22.7 Å². The number of anilines is 1. The van der Waals surface area contributed by atoms with Crippen LogP contribution in [-0.4, -0.2) is 47.4 Å². The van der Waals surface area contributed by atoms with Gasteiger partial charge in [0.1, 0.15) is 0 Å². The molecule has 0 spiro atoms. The molecular weight excluding hydrogens is 344 g/mol. The smallest absolute Gasteiger partial charge is 0.253 e. The average Bonchev–Trinajstić information content (AvgIpc) is 3.12. The normalized spacial score (nSPS) is 15.0. The molecule has 0 bridgehead atoms. The van der Waals surface area contributed by atoms with Crippen molar-refractivity contribution in [1.29, 1.82) is 0 Å². The molecule has 1 aliphatic rings. The second kappa shape index (κ2) is 7.95. The van der Waals surface area contributed by atoms with E-state index in [-0.39, 0.29) is 29.0 Å². The fourth-order valence-electron chi connectivity index (χ4n) is 2.99. The van der Waals surface area contributed by atoms with Crippen LogP contribution in [0.25, 0.3) is 0 Å². The lowest BCUT2D eigenvalue weighted by atomic mass is 10.1. The molecule has 1 aromatic carbocycles. The Morgan fingerprint density at radius 1 is 1.20 bits per heavy atom. The van der Waals surface area contributed by atoms with Gasteiger partial charge in [-0.15, -0.1) is 0 Å². The minimum absolute atomic E-state index is 0.0679. The van der Waals surface area contributed by atoms with Crippen LogP contribution in [0, 0.1) is 0 Å². The van der Waals surface area contributed by atoms with Crippen LogP contribution in [0.2, 0.25) is 0 Å². The number of rotatable bonds is 7. The van der Waals surface area contributed by atoms with Gasteiger partial charge in [-0.2, -0.15) is 0 Å². The number of nitrogens with one attached hydrogen (secondary N) is 1. The maximum Gasteiger partial charge on any atom is 0.253 e. The summed E-state index contributed by atoms with van der Waals surface area (Å²) in [5.41, 5.74) is 0.527. The highest BCUT2D eigenvalue weighted by atomic mass is 32.2. The largest absolute Gasteiger partial charge is 0.493 e. The summed E-state index contributed by atoms with van der Waals surface area (Å²) in [5, 5.41) is 2.99. The second-order valence-electron chi connectivity index (χ2n) is 6.05. The molecule has 0 aliphatic heterocycles. The molecule has 0 aromatic heterocycles. The molecule has 140 valence electrons. The summed E-state index contributed by atoms with van der Waals surface area (Å²) in [6.07, 6.45) is 4.07. The summed E-state index contributed by atoms with van der Waals surface area (Å²) in [4.78, 5) is 12.8. The van der Waals surface area contributed by atoms with Crippen molar-refractivity contribution >= 4 is 21.6 Å². The third-order valence-electron chi connectivity index (χ3n) is 4.56. The molecule has 0 unspecified atom stereocenters. The van der Waals surface area contributed by atoms with Gasteiger partial charge in [-0.1, -0.05) is 12.8 Å². The molecule has 0 saturated heterocycles. The minimum Gasteiger partial charge on any atom is -0.493 e. The van der Waals surface area contributed by atoms with Crippen LogP contribution in [0.15, 0.2) is 12.1 Å². The van der Waals surface area contributed by atoms with Crippen LogP contribution in [0.5, 0.6) is 11.5 Å². The highest BCUT2D eigenvalue weighted by Gasteiger charge is 2.26. The van der Waals surface area contributed by atoms with E-state index in [1.165, 1.54) is 33.4 Å². The number of hydrogen-bond acceptors (Lipinski definition) is 5. The number of methoxy groups -OCH3 is 2. The molecule has 1 aliphatic carbocycles. The number of carbonyl (C=O) groups excluding carboxylic acids is 1. The Hall–Kier alpha value is -1.96. The van der Waals surface area contributed by atoms with Crippen molar-refractivity contribution in [3.63, 3.8) is 0 Å². The Labute approximate surface area is 149 Å². The third-order valence-corrected chi connectivity index (χ3v) is 6.32. The minimum atomic E-state index is -3.52. The first-order valence-corrected chi connectivity index (χ1v) is 9.98. The number of ether oxygens (including phenoxy) is 2. The Kier molecular flexibility index (Phi) is 6.16. The van der Waals surface area contributed by atoms with E-state index in [9.17, 15) is 13.2 Å². The predicted molar refractivity (Wildman–Crippen MR) is 97.1 cm³/mol. The Morgan fingerprint density at radius 3 is 2.28 bits per heavy atom. The summed E-state index contributed by atoms with van der Waals surface area (Å²) in [6.45, 7) is 1.56. The van der Waals surface area contributed by atoms with Crippen LogP contribution in [0.3, 0.4) is 0 Å². The fourth-order valence-corrected chi connectivity index (χ4v) is 3.83. The first-order valence-electron chi connectivity index (χ1n) is 8.37. The van der Waals surface area contributed by atoms with Crippen LogP contribution >= 0.6 is 0 Å². The van der Waals surface area contributed by atoms with E-state index in [1.54, 1.807) is 6.92 Å². The van der Waals surface area contributed by atoms with Gasteiger partial charge in [-0.3, -0.25) is 9.10 Å². The Bertz CT molecular complexity index is 727. The molecular formula is C17H26N2O5S. The first-order chi connectivity index (χ1) is 11.8. The van der Waals surface area contributed by atoms with Gasteiger partial charge in [0.25, 0.3) is 5.91 Å². The standard InChI is InChI=1S/C17H26N2O5S/c1-5-25(21,22)19(2)14-11-16(24-4)15(23-3)10-13(14)17(20)18-12-8-6-7-9-12/h10-12H,5-9H2,1-4H3,(H,18,20). The van der Waals surface area contributed by atoms with Gasteiger partial charge in [-0.05, 0) is 25.8 Å². The van der Waals surface area contributed by atoms with E-state index in [0.717, 1.165) is 30.0 Å². The van der Waals surface area contributed by atoms with Crippen molar-refractivity contribution in [2.24, 2.45) is 0 Å². The van der Waals surface area contributed by atoms with Crippen LogP contribution in [-0.2, 0) is 10.0 Å². The van der Waals surface area contributed by atoms with Gasteiger partial charge in [-0.25, -0.2) is 8.42 Å². The van der Waals surface area contributed by atoms with Crippen LogP contribution in [0.1, 0.15) is 43.0 Å². The lowest BCUT2D eigenvalue weighted by Gasteiger charge is -2.23. The number of carbonyl (C=O) groups is 1. The molecule has 1 aromatic rings. The lowest BCUT2D eigenvalue weighted by molar-refractivity contribution is 0.0938. The van der Waals surface area contributed by atoms with Gasteiger partial charge < -0.3 is 14.8 Å². The fraction of sp³-hybridized carbons (Fsp3) is 0.588. The SMILES string of the molecule is CCS(=O)(=O)N(C)c1cc(OC)c(OC)cc1C(=O)NC1CCCC1. The summed E-state index contributed by atoms with van der Waals surface area (Å²) < 4.78 is 36.2. The summed E-state index contributed by atoms with van der Waals surface area (Å²) in [7, 11) is 0.856. The molecule has 2 rings (SSSR count). The molecule has 25 heavy (non-hydrogen) atoms. The molecule has 1 N–H and O–H groups in total. The van der Waals surface area contributed by atoms with E-state index < -0.39 is 10.0 Å². The second-order valence-corrected chi connectivity index (χ2v) is 8.34. The van der Waals surface area contributed by atoms with Gasteiger partial charge in [0.15, 0.2) is 11.5 Å². The van der Waals surface area contributed by atoms with Gasteiger partial charge in [0.2, 0.25) is 10.0 Å². The maximum absolute atomic E-state index is 12.8. The first kappa shape index (κ1) is 19.4. The van der Waals surface area contributed by atoms with E-state index in [0.29, 0.717) is 11.5 Å². The van der Waals surface area contributed by atoms with E-state index in [1.807, 2.05) is 0 Å². The molecule has 1 amide bonds. The van der Waals surface area contributed by atoms with Crippen LogP contribution in [0.4, 0.5) is 5.69 Å². The third kappa shape index (κ3) is 4.18. The van der Waals surface area contributed by atoms with Crippen molar-refractivity contribution in [2.45, 2.75) is 38.6 Å². The molecule has 8 heteroatoms. The zero-order valence-corrected chi connectivity index (χ0v) is 16.0. The van der Waals surface area contributed by atoms with Crippen molar-refractivity contribution in [3.8, 4) is 11.5 Å². The zero-order valence-electron chi connectivity index (χ0n) is 15.2. The predicted octanol–water partition coefficient (Wildman–Crippen LogP) is 2.16. The monoisotopic (exact) mass is 370 g/mol. The molecule has 1 saturated carbocycles. The average molecular weight is 370 g/mol. The summed E-state index contributed by atoms with van der Waals surface area (Å²) in [5.74, 6) is 0.376. The van der Waals surface area contributed by atoms with Crippen LogP contribution < -0.4 is 19.1 Å². The Balaban J connectivity index is 2.48. The molecule has 0 heterocycles. The van der Waals surface area contributed by atoms with E-state index in [2.05, 4.69) is 5.32 Å². The number of benzene rings is 1. The highest BCUT2D eigenvalue weighted by Crippen LogP contribution is 2.36. The van der Waals surface area contributed by atoms with Gasteiger partial charge in [0, 0.05) is 19.2 Å². The Morgan fingerprint density at radius 2 is 1.76 bits per heavy atom. The van der Waals surface area contributed by atoms with Crippen molar-refractivity contribution in [2.75, 3.05) is 31.3 Å². The topological polar surface area (TPSA) is 84.9 Å². The number of amides is 1.